The molecule has 2 fully saturated rings. The first-order chi connectivity index (χ1) is 18.7. The summed E-state index contributed by atoms with van der Waals surface area (Å²) < 4.78 is 2.99. The lowest BCUT2D eigenvalue weighted by Crippen LogP contribution is -3.00. The fourth-order valence-electron chi connectivity index (χ4n) is 7.89. The first-order valence-corrected chi connectivity index (χ1v) is 18.4. The molecular formula is C36H74Br2N2. The summed E-state index contributed by atoms with van der Waals surface area (Å²) in [6.45, 7) is 16.6. The summed E-state index contributed by atoms with van der Waals surface area (Å²) >= 11 is 0. The Morgan fingerprint density at radius 2 is 0.500 bits per heavy atom. The summed E-state index contributed by atoms with van der Waals surface area (Å²) in [7, 11) is 0. The van der Waals surface area contributed by atoms with Crippen molar-refractivity contribution in [3.8, 4) is 0 Å². The molecule has 2 nitrogen and oxygen atoms in total. The van der Waals surface area contributed by atoms with Crippen molar-refractivity contribution in [1.29, 1.82) is 0 Å². The molecule has 2 rings (SSSR count). The first kappa shape index (κ1) is 40.9. The third-order valence-corrected chi connectivity index (χ3v) is 10.5. The second-order valence-electron chi connectivity index (χ2n) is 14.0. The van der Waals surface area contributed by atoms with Gasteiger partial charge in [-0.2, -0.15) is 0 Å². The fourth-order valence-corrected chi connectivity index (χ4v) is 7.89. The van der Waals surface area contributed by atoms with Crippen LogP contribution in [0.3, 0.4) is 0 Å². The van der Waals surface area contributed by atoms with Gasteiger partial charge < -0.3 is 42.9 Å². The quantitative estimate of drug-likeness (QED) is 0.0854. The van der Waals surface area contributed by atoms with Crippen LogP contribution in [0.15, 0.2) is 0 Å². The highest BCUT2D eigenvalue weighted by molar-refractivity contribution is 4.60. The van der Waals surface area contributed by atoms with Gasteiger partial charge in [0.2, 0.25) is 0 Å². The van der Waals surface area contributed by atoms with Gasteiger partial charge in [-0.3, -0.25) is 0 Å². The zero-order valence-electron chi connectivity index (χ0n) is 27.7. The molecule has 0 atom stereocenters. The Bertz CT molecular complexity index is 469. The highest BCUT2D eigenvalue weighted by atomic mass is 79.9. The van der Waals surface area contributed by atoms with E-state index in [1.54, 1.807) is 0 Å². The van der Waals surface area contributed by atoms with E-state index in [2.05, 4.69) is 13.8 Å². The van der Waals surface area contributed by atoms with Crippen LogP contribution in [0.25, 0.3) is 0 Å². The summed E-state index contributed by atoms with van der Waals surface area (Å²) in [5.41, 5.74) is 0. The predicted molar refractivity (Wildman–Crippen MR) is 171 cm³/mol. The third-order valence-electron chi connectivity index (χ3n) is 10.5. The van der Waals surface area contributed by atoms with Gasteiger partial charge in [-0.05, 0) is 25.7 Å². The number of hydrogen-bond acceptors (Lipinski definition) is 0. The zero-order chi connectivity index (χ0) is 27.0. The minimum atomic E-state index is 0. The highest BCUT2D eigenvalue weighted by Crippen LogP contribution is 2.25. The highest BCUT2D eigenvalue weighted by Gasteiger charge is 2.33. The van der Waals surface area contributed by atoms with E-state index >= 15 is 0 Å². The molecule has 0 unspecified atom stereocenters. The maximum atomic E-state index is 2.32. The van der Waals surface area contributed by atoms with Crippen LogP contribution < -0.4 is 34.0 Å². The molecule has 2 aliphatic rings. The molecule has 2 heterocycles. The average Bonchev–Trinajstić information content (AvgIpc) is 3.60. The number of nitrogens with zero attached hydrogens (tertiary/aromatic N) is 2. The number of quaternary nitrogens is 2. The Morgan fingerprint density at radius 1 is 0.300 bits per heavy atom. The normalized spacial score (nSPS) is 17.6. The van der Waals surface area contributed by atoms with Crippen LogP contribution in [-0.2, 0) is 0 Å². The second kappa shape index (κ2) is 27.4. The Morgan fingerprint density at radius 3 is 0.750 bits per heavy atom. The molecule has 0 aliphatic carbocycles. The third kappa shape index (κ3) is 19.2. The van der Waals surface area contributed by atoms with Crippen molar-refractivity contribution in [3.05, 3.63) is 0 Å². The number of likely N-dealkylation sites (tertiary alicyclic amines) is 2. The van der Waals surface area contributed by atoms with Crippen molar-refractivity contribution in [2.45, 2.75) is 181 Å². The maximum absolute atomic E-state index is 2.32. The van der Waals surface area contributed by atoms with Crippen LogP contribution in [0, 0.1) is 0 Å². The van der Waals surface area contributed by atoms with E-state index in [4.69, 9.17) is 0 Å². The molecule has 0 amide bonds. The van der Waals surface area contributed by atoms with Gasteiger partial charge in [-0.1, -0.05) is 117 Å². The van der Waals surface area contributed by atoms with Gasteiger partial charge in [0.05, 0.1) is 52.4 Å². The van der Waals surface area contributed by atoms with Crippen molar-refractivity contribution in [2.75, 3.05) is 52.4 Å². The van der Waals surface area contributed by atoms with Crippen LogP contribution in [0.4, 0.5) is 0 Å². The Labute approximate surface area is 274 Å². The van der Waals surface area contributed by atoms with Gasteiger partial charge in [0.15, 0.2) is 0 Å². The molecule has 0 bridgehead atoms. The van der Waals surface area contributed by atoms with Crippen molar-refractivity contribution in [2.24, 2.45) is 0 Å². The lowest BCUT2D eigenvalue weighted by molar-refractivity contribution is -0.923. The van der Waals surface area contributed by atoms with E-state index in [-0.39, 0.29) is 34.0 Å². The molecule has 0 saturated carbocycles. The smallest absolute Gasteiger partial charge is 0.0788 e. The van der Waals surface area contributed by atoms with Crippen LogP contribution >= 0.6 is 0 Å². The molecule has 0 aromatic heterocycles. The van der Waals surface area contributed by atoms with Crippen LogP contribution in [0.5, 0.6) is 0 Å². The molecule has 4 heteroatoms. The van der Waals surface area contributed by atoms with E-state index in [1.807, 2.05) is 0 Å². The van der Waals surface area contributed by atoms with Crippen molar-refractivity contribution in [3.63, 3.8) is 0 Å². The minimum absolute atomic E-state index is 0. The minimum Gasteiger partial charge on any atom is -1.00 e. The number of hydrogen-bond donors (Lipinski definition) is 0. The molecule has 0 N–H and O–H groups in total. The summed E-state index contributed by atoms with van der Waals surface area (Å²) in [6, 6.07) is 0. The summed E-state index contributed by atoms with van der Waals surface area (Å²) in [5.74, 6) is 0. The van der Waals surface area contributed by atoms with Gasteiger partial charge in [-0.15, -0.1) is 0 Å². The molecule has 0 aromatic rings. The van der Waals surface area contributed by atoms with E-state index in [0.29, 0.717) is 0 Å². The summed E-state index contributed by atoms with van der Waals surface area (Å²) in [5, 5.41) is 0. The van der Waals surface area contributed by atoms with Crippen molar-refractivity contribution in [1.82, 2.24) is 0 Å². The lowest BCUT2D eigenvalue weighted by Gasteiger charge is -2.37. The Balaban J connectivity index is 0.00000760. The summed E-state index contributed by atoms with van der Waals surface area (Å²) in [6.07, 6.45) is 38.4. The van der Waals surface area contributed by atoms with Crippen molar-refractivity contribution >= 4 is 0 Å². The average molecular weight is 695 g/mol. The van der Waals surface area contributed by atoms with Crippen LogP contribution in [0.2, 0.25) is 0 Å². The Hall–Kier alpha value is 0.880. The second-order valence-corrected chi connectivity index (χ2v) is 14.0. The number of halogens is 2. The van der Waals surface area contributed by atoms with Crippen LogP contribution in [0.1, 0.15) is 181 Å². The molecular weight excluding hydrogens is 620 g/mol. The molecule has 2 aliphatic heterocycles. The number of unbranched alkanes of at least 4 members (excludes halogenated alkanes) is 19. The number of rotatable bonds is 27. The van der Waals surface area contributed by atoms with E-state index in [9.17, 15) is 0 Å². The first-order valence-electron chi connectivity index (χ1n) is 18.4. The standard InChI is InChI=1S/C36H74N2.2BrH/c1-3-5-7-9-11-13-15-17-19-21-29-37(31-23-24-32-37)35-27-28-36-38(33-25-26-34-38)30-22-20-18-16-14-12-10-8-6-4-2;;/h3-36H2,1-2H3;2*1H/q+2;;/p-2. The van der Waals surface area contributed by atoms with Gasteiger partial charge in [0, 0.05) is 38.5 Å². The lowest BCUT2D eigenvalue weighted by atomic mass is 10.1. The predicted octanol–water partition coefficient (Wildman–Crippen LogP) is 4.84. The van der Waals surface area contributed by atoms with Crippen molar-refractivity contribution < 1.29 is 42.9 Å². The zero-order valence-corrected chi connectivity index (χ0v) is 30.9. The monoisotopic (exact) mass is 692 g/mol. The molecule has 0 radical (unpaired) electrons. The largest absolute Gasteiger partial charge is 1.00 e. The van der Waals surface area contributed by atoms with Gasteiger partial charge in [0.1, 0.15) is 0 Å². The van der Waals surface area contributed by atoms with Gasteiger partial charge in [-0.25, -0.2) is 0 Å². The topological polar surface area (TPSA) is 0 Å². The van der Waals surface area contributed by atoms with Crippen LogP contribution in [-0.4, -0.2) is 61.3 Å². The summed E-state index contributed by atoms with van der Waals surface area (Å²) in [4.78, 5) is 0. The molecule has 40 heavy (non-hydrogen) atoms. The van der Waals surface area contributed by atoms with Gasteiger partial charge in [0.25, 0.3) is 0 Å². The van der Waals surface area contributed by atoms with E-state index in [1.165, 1.54) is 228 Å². The molecule has 2 saturated heterocycles. The van der Waals surface area contributed by atoms with Gasteiger partial charge >= 0.3 is 0 Å². The fraction of sp³-hybridized carbons (Fsp3) is 1.00. The SMILES string of the molecule is CCCCCCCCCCCC[N+]1(CCCC[N+]2(CCCCCCCCCCCC)CCCC2)CCCC1.[Br-].[Br-]. The molecule has 0 aromatic carbocycles. The Kier molecular flexibility index (Phi) is 28.0. The maximum Gasteiger partial charge on any atom is 0.0788 e. The van der Waals surface area contributed by atoms with E-state index < -0.39 is 0 Å². The molecule has 0 spiro atoms. The molecule has 242 valence electrons. The van der Waals surface area contributed by atoms with E-state index in [0.717, 1.165) is 0 Å².